The van der Waals surface area contributed by atoms with Gasteiger partial charge in [0.05, 0.1) is 24.0 Å². The largest absolute Gasteiger partial charge is 0.385 e. The molecule has 4 rings (SSSR count). The molecule has 1 aromatic heterocycles. The van der Waals surface area contributed by atoms with Gasteiger partial charge in [-0.05, 0) is 37.5 Å². The van der Waals surface area contributed by atoms with E-state index in [1.54, 1.807) is 19.2 Å². The summed E-state index contributed by atoms with van der Waals surface area (Å²) in [4.78, 5) is 23.0. The number of rotatable bonds is 2. The second kappa shape index (κ2) is 6.33. The molecule has 6 nitrogen and oxygen atoms in total. The second-order valence-corrected chi connectivity index (χ2v) is 7.62. The van der Waals surface area contributed by atoms with Crippen molar-refractivity contribution in [2.45, 2.75) is 38.2 Å². The summed E-state index contributed by atoms with van der Waals surface area (Å²) in [6, 6.07) is 5.73. The van der Waals surface area contributed by atoms with E-state index in [0.29, 0.717) is 24.6 Å². The van der Waals surface area contributed by atoms with Crippen molar-refractivity contribution >= 4 is 17.2 Å². The summed E-state index contributed by atoms with van der Waals surface area (Å²) >= 11 is 0. The van der Waals surface area contributed by atoms with Gasteiger partial charge in [0.2, 0.25) is 0 Å². The van der Waals surface area contributed by atoms with Gasteiger partial charge in [0.15, 0.2) is 0 Å². The normalized spacial score (nSPS) is 26.6. The molecule has 6 heteroatoms. The second-order valence-electron chi connectivity index (χ2n) is 7.62. The fourth-order valence-corrected chi connectivity index (χ4v) is 4.48. The maximum absolute atomic E-state index is 11.9. The highest BCUT2D eigenvalue weighted by molar-refractivity contribution is 6.08. The van der Waals surface area contributed by atoms with Crippen molar-refractivity contribution in [2.24, 2.45) is 10.9 Å². The van der Waals surface area contributed by atoms with Gasteiger partial charge in [0.1, 0.15) is 17.5 Å². The fourth-order valence-electron chi connectivity index (χ4n) is 4.48. The molecule has 0 amide bonds. The molecular weight excluding hydrogens is 328 g/mol. The molecule has 1 aliphatic carbocycles. The molecule has 0 radical (unpaired) electrons. The van der Waals surface area contributed by atoms with E-state index in [-0.39, 0.29) is 12.2 Å². The van der Waals surface area contributed by atoms with Crippen molar-refractivity contribution in [2.75, 3.05) is 24.5 Å². The minimum absolute atomic E-state index is 0.105. The van der Waals surface area contributed by atoms with E-state index in [4.69, 9.17) is 10.3 Å². The van der Waals surface area contributed by atoms with Crippen molar-refractivity contribution in [3.05, 3.63) is 35.2 Å². The molecular formula is C20H22N4O2. The van der Waals surface area contributed by atoms with Gasteiger partial charge in [-0.1, -0.05) is 0 Å². The third kappa shape index (κ3) is 2.93. The lowest BCUT2D eigenvalue weighted by Gasteiger charge is -2.37. The SMILES string of the molecule is CC1(O)CC(=O)CC2=C1C(C1CCN(c3ccc(C#N)nc3)CC1)=NC2. The molecule has 2 aliphatic heterocycles. The van der Waals surface area contributed by atoms with Crippen LogP contribution in [0, 0.1) is 17.2 Å². The Labute approximate surface area is 152 Å². The topological polar surface area (TPSA) is 89.6 Å². The van der Waals surface area contributed by atoms with Crippen LogP contribution in [0.5, 0.6) is 0 Å². The summed E-state index contributed by atoms with van der Waals surface area (Å²) in [7, 11) is 0. The Morgan fingerprint density at radius 1 is 1.35 bits per heavy atom. The van der Waals surface area contributed by atoms with E-state index in [0.717, 1.165) is 48.5 Å². The fraction of sp³-hybridized carbons (Fsp3) is 0.500. The average Bonchev–Trinajstić information content (AvgIpc) is 3.06. The number of aliphatic hydroxyl groups is 1. The summed E-state index contributed by atoms with van der Waals surface area (Å²) in [5.41, 5.74) is 3.36. The van der Waals surface area contributed by atoms with Gasteiger partial charge in [-0.15, -0.1) is 0 Å². The summed E-state index contributed by atoms with van der Waals surface area (Å²) in [5, 5.41) is 19.7. The molecule has 0 saturated carbocycles. The Kier molecular flexibility index (Phi) is 4.12. The number of pyridine rings is 1. The number of piperidine rings is 1. The lowest BCUT2D eigenvalue weighted by molar-refractivity contribution is -0.122. The molecule has 0 aromatic carbocycles. The van der Waals surface area contributed by atoms with E-state index in [9.17, 15) is 9.90 Å². The molecule has 0 bridgehead atoms. The molecule has 1 aromatic rings. The summed E-state index contributed by atoms with van der Waals surface area (Å²) in [5.74, 6) is 0.429. The lowest BCUT2D eigenvalue weighted by Crippen LogP contribution is -2.42. The smallest absolute Gasteiger partial charge is 0.140 e. The number of hydrogen-bond donors (Lipinski definition) is 1. The summed E-state index contributed by atoms with van der Waals surface area (Å²) < 4.78 is 0. The number of nitrogens with zero attached hydrogens (tertiary/aromatic N) is 4. The minimum atomic E-state index is -1.08. The van der Waals surface area contributed by atoms with Gasteiger partial charge in [0, 0.05) is 43.1 Å². The van der Waals surface area contributed by atoms with Crippen LogP contribution in [-0.2, 0) is 4.79 Å². The first-order valence-corrected chi connectivity index (χ1v) is 9.10. The number of anilines is 1. The average molecular weight is 350 g/mol. The van der Waals surface area contributed by atoms with Crippen molar-refractivity contribution < 1.29 is 9.90 Å². The molecule has 3 aliphatic rings. The molecule has 0 spiro atoms. The van der Waals surface area contributed by atoms with Gasteiger partial charge in [0.25, 0.3) is 0 Å². The van der Waals surface area contributed by atoms with Crippen molar-refractivity contribution in [1.29, 1.82) is 5.26 Å². The first-order chi connectivity index (χ1) is 12.5. The van der Waals surface area contributed by atoms with Crippen LogP contribution < -0.4 is 4.90 Å². The third-order valence-corrected chi connectivity index (χ3v) is 5.65. The zero-order valence-corrected chi connectivity index (χ0v) is 14.9. The Morgan fingerprint density at radius 3 is 2.77 bits per heavy atom. The summed E-state index contributed by atoms with van der Waals surface area (Å²) in [6.07, 6.45) is 4.30. The zero-order chi connectivity index (χ0) is 18.3. The number of ketones is 1. The quantitative estimate of drug-likeness (QED) is 0.881. The van der Waals surface area contributed by atoms with Gasteiger partial charge < -0.3 is 10.0 Å². The highest BCUT2D eigenvalue weighted by Crippen LogP contribution is 2.40. The van der Waals surface area contributed by atoms with Crippen LogP contribution in [0.25, 0.3) is 0 Å². The molecule has 26 heavy (non-hydrogen) atoms. The van der Waals surface area contributed by atoms with Gasteiger partial charge in [-0.25, -0.2) is 4.98 Å². The van der Waals surface area contributed by atoms with E-state index in [1.807, 2.05) is 12.1 Å². The zero-order valence-electron chi connectivity index (χ0n) is 14.9. The van der Waals surface area contributed by atoms with Crippen LogP contribution in [-0.4, -0.2) is 46.8 Å². The predicted molar refractivity (Wildman–Crippen MR) is 98.1 cm³/mol. The first kappa shape index (κ1) is 16.9. The monoisotopic (exact) mass is 350 g/mol. The van der Waals surface area contributed by atoms with Crippen molar-refractivity contribution in [3.8, 4) is 6.07 Å². The van der Waals surface area contributed by atoms with Crippen LogP contribution >= 0.6 is 0 Å². The number of carbonyl (C=O) groups is 1. The Balaban J connectivity index is 1.47. The molecule has 1 fully saturated rings. The highest BCUT2D eigenvalue weighted by atomic mass is 16.3. The van der Waals surface area contributed by atoms with Crippen LogP contribution in [0.4, 0.5) is 5.69 Å². The van der Waals surface area contributed by atoms with Gasteiger partial charge >= 0.3 is 0 Å². The van der Waals surface area contributed by atoms with Crippen LogP contribution in [0.3, 0.4) is 0 Å². The Hall–Kier alpha value is -2.52. The molecule has 1 unspecified atom stereocenters. The maximum Gasteiger partial charge on any atom is 0.140 e. The number of Topliss-reactive ketones (excluding diaryl/α,β-unsaturated/α-hetero) is 1. The van der Waals surface area contributed by atoms with Crippen LogP contribution in [0.15, 0.2) is 34.5 Å². The Morgan fingerprint density at radius 2 is 2.12 bits per heavy atom. The van der Waals surface area contributed by atoms with Gasteiger partial charge in [-0.3, -0.25) is 9.79 Å². The number of aromatic nitrogens is 1. The third-order valence-electron chi connectivity index (χ3n) is 5.65. The number of carbonyl (C=O) groups excluding carboxylic acids is 1. The summed E-state index contributed by atoms with van der Waals surface area (Å²) in [6.45, 7) is 4.09. The van der Waals surface area contributed by atoms with Crippen LogP contribution in [0.1, 0.15) is 38.3 Å². The molecule has 1 N–H and O–H groups in total. The number of hydrogen-bond acceptors (Lipinski definition) is 6. The predicted octanol–water partition coefficient (Wildman–Crippen LogP) is 2.03. The van der Waals surface area contributed by atoms with E-state index in [1.165, 1.54) is 0 Å². The number of aliphatic imine (C=N–C) groups is 1. The van der Waals surface area contributed by atoms with E-state index >= 15 is 0 Å². The number of nitriles is 1. The molecule has 134 valence electrons. The van der Waals surface area contributed by atoms with Crippen molar-refractivity contribution in [3.63, 3.8) is 0 Å². The minimum Gasteiger partial charge on any atom is -0.385 e. The first-order valence-electron chi connectivity index (χ1n) is 9.10. The molecule has 3 heterocycles. The molecule has 1 saturated heterocycles. The van der Waals surface area contributed by atoms with E-state index in [2.05, 4.69) is 9.88 Å². The van der Waals surface area contributed by atoms with Crippen LogP contribution in [0.2, 0.25) is 0 Å². The lowest BCUT2D eigenvalue weighted by atomic mass is 9.74. The maximum atomic E-state index is 11.9. The van der Waals surface area contributed by atoms with E-state index < -0.39 is 5.60 Å². The highest BCUT2D eigenvalue weighted by Gasteiger charge is 2.43. The van der Waals surface area contributed by atoms with Crippen molar-refractivity contribution in [1.82, 2.24) is 4.98 Å². The molecule has 1 atom stereocenters. The van der Waals surface area contributed by atoms with Gasteiger partial charge in [-0.2, -0.15) is 5.26 Å². The Bertz CT molecular complexity index is 838. The standard InChI is InChI=1S/C20H22N4O2/c1-20(26)9-17(25)8-14-11-23-19(18(14)20)13-4-6-24(7-5-13)16-3-2-15(10-21)22-12-16/h2-3,12-13,26H,4-9,11H2,1H3.